The fourth-order valence-electron chi connectivity index (χ4n) is 8.04. The van der Waals surface area contributed by atoms with Gasteiger partial charge >= 0.3 is 0 Å². The number of carbonyl (C=O) groups excluding carboxylic acids is 3. The predicted molar refractivity (Wildman–Crippen MR) is 332 cm³/mol. The van der Waals surface area contributed by atoms with Crippen LogP contribution in [-0.2, 0) is 40.1 Å². The molecule has 2 amide bonds. The van der Waals surface area contributed by atoms with Crippen molar-refractivity contribution < 1.29 is 14.4 Å². The molecule has 0 heterocycles. The fourth-order valence-corrected chi connectivity index (χ4v) is 8.76. The van der Waals surface area contributed by atoms with Crippen LogP contribution in [0.1, 0.15) is 102 Å². The van der Waals surface area contributed by atoms with Crippen LogP contribution in [0.25, 0.3) is 22.3 Å². The summed E-state index contributed by atoms with van der Waals surface area (Å²) < 4.78 is 2.55. The zero-order chi connectivity index (χ0) is 53.7. The summed E-state index contributed by atoms with van der Waals surface area (Å²) in [6.45, 7) is 13.5. The number of nitrogens with zero attached hydrogens (tertiary/aromatic N) is 2. The second kappa shape index (κ2) is 34.2. The fraction of sp³-hybridized carbons (Fsp3) is 0.308. The van der Waals surface area contributed by atoms with E-state index < -0.39 is 0 Å². The van der Waals surface area contributed by atoms with Gasteiger partial charge in [-0.2, -0.15) is 0 Å². The number of Topliss-reactive ketones (excluding diaryl/α,β-unsaturated/α-hetero) is 1. The molecule has 9 heteroatoms. The number of likely N-dealkylation sites (N-methyl/N-ethyl adjacent to an activating group) is 2. The number of halogens is 2. The van der Waals surface area contributed by atoms with Gasteiger partial charge in [-0.25, -0.2) is 0 Å². The highest BCUT2D eigenvalue weighted by Gasteiger charge is 2.16. The number of ketones is 1. The molecule has 0 aromatic heterocycles. The number of aryl methyl sites for hydroxylation is 3. The van der Waals surface area contributed by atoms with Crippen LogP contribution in [0.4, 0.5) is 22.7 Å². The van der Waals surface area contributed by atoms with E-state index in [0.717, 1.165) is 84.6 Å². The summed E-state index contributed by atoms with van der Waals surface area (Å²) in [4.78, 5) is 39.5. The highest BCUT2D eigenvalue weighted by atomic mass is 127. The Bertz CT molecular complexity index is 2530. The van der Waals surface area contributed by atoms with Gasteiger partial charge < -0.3 is 10.6 Å². The summed E-state index contributed by atoms with van der Waals surface area (Å²) in [6.07, 6.45) is 11.0. The quantitative estimate of drug-likeness (QED) is 0.0587. The molecule has 0 saturated heterocycles. The highest BCUT2D eigenvalue weighted by Crippen LogP contribution is 2.32. The van der Waals surface area contributed by atoms with Gasteiger partial charge in [0.15, 0.2) is 0 Å². The van der Waals surface area contributed by atoms with Crippen LogP contribution in [0.2, 0.25) is 0 Å². The van der Waals surface area contributed by atoms with E-state index in [1.807, 2.05) is 86.9 Å². The molecule has 0 atom stereocenters. The van der Waals surface area contributed by atoms with Crippen molar-refractivity contribution in [2.45, 2.75) is 106 Å². The molecule has 0 aliphatic heterocycles. The van der Waals surface area contributed by atoms with Gasteiger partial charge in [-0.3, -0.25) is 24.2 Å². The Morgan fingerprint density at radius 2 is 0.622 bits per heavy atom. The summed E-state index contributed by atoms with van der Waals surface area (Å²) in [5, 5.41) is 6.01. The van der Waals surface area contributed by atoms with E-state index in [-0.39, 0.29) is 17.6 Å². The molecule has 7 rings (SSSR count). The molecule has 2 N–H and O–H groups in total. The number of unbranched alkanes of at least 4 members (excludes halogenated alkanes) is 3. The first kappa shape index (κ1) is 61.1. The van der Waals surface area contributed by atoms with Crippen LogP contribution >= 0.6 is 45.2 Å². The summed E-state index contributed by atoms with van der Waals surface area (Å²) in [6, 6.07) is 58.2. The average molecular weight is 1220 g/mol. The van der Waals surface area contributed by atoms with Gasteiger partial charge in [-0.15, -0.1) is 0 Å². The minimum Gasteiger partial charge on any atom is -0.318 e. The molecule has 0 saturated carbocycles. The predicted octanol–water partition coefficient (Wildman–Crippen LogP) is 16.6. The maximum atomic E-state index is 12.6. The monoisotopic (exact) mass is 1220 g/mol. The lowest BCUT2D eigenvalue weighted by Gasteiger charge is -2.23. The maximum Gasteiger partial charge on any atom is 0.228 e. The molecule has 0 fully saturated rings. The maximum absolute atomic E-state index is 12.6. The van der Waals surface area contributed by atoms with Gasteiger partial charge in [0.25, 0.3) is 0 Å². The number of rotatable bonds is 20. The first-order chi connectivity index (χ1) is 35.8. The van der Waals surface area contributed by atoms with Gasteiger partial charge in [0.05, 0.1) is 0 Å². The summed E-state index contributed by atoms with van der Waals surface area (Å²) >= 11 is 4.64. The SMILES string of the molecule is CCCCc1ccc(CC(C)=O)cc1.CCCCc1ccc(N(C(C)=O)c2ccc(-c3ccc(N(C(C)=O)c4ccc(CCCC)cc4)cc3)cc2)cc1.CNCCNC.Ic1ccc(-c2ccc(I)cc2)cc1. The Hall–Kier alpha value is -5.47. The number of anilines is 4. The number of hydrogen-bond acceptors (Lipinski definition) is 5. The third-order valence-electron chi connectivity index (χ3n) is 12.2. The van der Waals surface area contributed by atoms with Crippen molar-refractivity contribution in [2.24, 2.45) is 0 Å². The first-order valence-electron chi connectivity index (χ1n) is 26.2. The van der Waals surface area contributed by atoms with Crippen LogP contribution in [0.5, 0.6) is 0 Å². The molecule has 0 unspecified atom stereocenters. The molecule has 7 aromatic carbocycles. The lowest BCUT2D eigenvalue weighted by molar-refractivity contribution is -0.117. The number of carbonyl (C=O) groups is 3. The summed E-state index contributed by atoms with van der Waals surface area (Å²) in [5.74, 6) is 0.175. The number of nitrogens with one attached hydrogen (secondary N) is 2. The van der Waals surface area contributed by atoms with Crippen LogP contribution < -0.4 is 20.4 Å². The largest absolute Gasteiger partial charge is 0.318 e. The van der Waals surface area contributed by atoms with E-state index in [2.05, 4.69) is 174 Å². The van der Waals surface area contributed by atoms with Gasteiger partial charge in [0.1, 0.15) is 5.78 Å². The van der Waals surface area contributed by atoms with E-state index in [4.69, 9.17) is 0 Å². The van der Waals surface area contributed by atoms with Crippen LogP contribution in [-0.4, -0.2) is 44.8 Å². The number of hydrogen-bond donors (Lipinski definition) is 2. The van der Waals surface area contributed by atoms with Crippen molar-refractivity contribution >= 4 is 85.5 Å². The highest BCUT2D eigenvalue weighted by molar-refractivity contribution is 14.1. The Kier molecular flexibility index (Phi) is 28.2. The molecule has 7 aromatic rings. The van der Waals surface area contributed by atoms with Crippen LogP contribution in [0, 0.1) is 7.14 Å². The first-order valence-corrected chi connectivity index (χ1v) is 28.3. The molecule has 74 heavy (non-hydrogen) atoms. The van der Waals surface area contributed by atoms with Crippen LogP contribution in [0.15, 0.2) is 170 Å². The second-order valence-corrected chi connectivity index (χ2v) is 20.9. The molecule has 0 aliphatic carbocycles. The molecular formula is C65H78I2N4O3. The topological polar surface area (TPSA) is 81.8 Å². The molecule has 390 valence electrons. The van der Waals surface area contributed by atoms with Gasteiger partial charge in [-0.05, 0) is 222 Å². The second-order valence-electron chi connectivity index (χ2n) is 18.4. The number of amides is 2. The van der Waals surface area contributed by atoms with E-state index in [1.54, 1.807) is 30.6 Å². The minimum absolute atomic E-state index is 0.0267. The zero-order valence-corrected chi connectivity index (χ0v) is 49.3. The lowest BCUT2D eigenvalue weighted by Crippen LogP contribution is -2.22. The van der Waals surface area contributed by atoms with E-state index in [1.165, 1.54) is 60.6 Å². The van der Waals surface area contributed by atoms with E-state index in [0.29, 0.717) is 6.42 Å². The molecule has 0 bridgehead atoms. The molecule has 0 radical (unpaired) electrons. The third kappa shape index (κ3) is 21.4. The zero-order valence-electron chi connectivity index (χ0n) is 45.0. The van der Waals surface area contributed by atoms with Crippen molar-refractivity contribution in [3.05, 3.63) is 199 Å². The average Bonchev–Trinajstić information content (AvgIpc) is 3.41. The Balaban J connectivity index is 0.000000281. The van der Waals surface area contributed by atoms with Crippen molar-refractivity contribution in [3.63, 3.8) is 0 Å². The van der Waals surface area contributed by atoms with Crippen molar-refractivity contribution in [3.8, 4) is 22.3 Å². The number of benzene rings is 7. The smallest absolute Gasteiger partial charge is 0.228 e. The van der Waals surface area contributed by atoms with Crippen LogP contribution in [0.3, 0.4) is 0 Å². The standard InChI is InChI=1S/C36H40N2O2.C13H18O.C12H8I2.C4H12N2/c1-5-7-9-29-11-19-33(20-12-29)37(27(3)39)35-23-15-31(16-24-35)32-17-25-36(26-18-32)38(28(4)40)34-21-13-30(14-22-34)10-8-6-2;1-3-4-5-12-6-8-13(9-7-12)10-11(2)14;13-11-5-1-9(2-6-11)10-3-7-12(14)8-4-10;1-5-3-4-6-2/h11-26H,5-10H2,1-4H3;6-9H,3-5,10H2,1-2H3;1-8H;5-6H,3-4H2,1-2H3. The summed E-state index contributed by atoms with van der Waals surface area (Å²) in [7, 11) is 3.88. The summed E-state index contributed by atoms with van der Waals surface area (Å²) in [5.41, 5.74) is 13.1. The molecule has 0 aliphatic rings. The van der Waals surface area contributed by atoms with Crippen molar-refractivity contribution in [1.29, 1.82) is 0 Å². The molecular weight excluding hydrogens is 1140 g/mol. The van der Waals surface area contributed by atoms with E-state index in [9.17, 15) is 14.4 Å². The third-order valence-corrected chi connectivity index (χ3v) is 13.6. The van der Waals surface area contributed by atoms with Gasteiger partial charge in [0.2, 0.25) is 11.8 Å². The molecule has 0 spiro atoms. The van der Waals surface area contributed by atoms with Gasteiger partial charge in [-0.1, -0.05) is 137 Å². The van der Waals surface area contributed by atoms with Crippen molar-refractivity contribution in [2.75, 3.05) is 37.0 Å². The van der Waals surface area contributed by atoms with E-state index >= 15 is 0 Å². The van der Waals surface area contributed by atoms with Crippen molar-refractivity contribution in [1.82, 2.24) is 10.6 Å². The van der Waals surface area contributed by atoms with Gasteiger partial charge in [0, 0.05) is 63.2 Å². The normalized spacial score (nSPS) is 10.4. The Labute approximate surface area is 471 Å². The Morgan fingerprint density at radius 1 is 0.378 bits per heavy atom. The lowest BCUT2D eigenvalue weighted by atomic mass is 10.0. The minimum atomic E-state index is -0.0267. The Morgan fingerprint density at radius 3 is 0.865 bits per heavy atom. The molecule has 7 nitrogen and oxygen atoms in total.